The van der Waals surface area contributed by atoms with E-state index in [1.165, 1.54) is 46.2 Å². The van der Waals surface area contributed by atoms with E-state index in [1.54, 1.807) is 35.3 Å². The Labute approximate surface area is 262 Å². The fraction of sp³-hybridized carbons (Fsp3) is 0.581. The number of carboxylic acid groups (broad SMARTS) is 1. The first-order valence-corrected chi connectivity index (χ1v) is 17.0. The summed E-state index contributed by atoms with van der Waals surface area (Å²) in [7, 11) is 4.37. The summed E-state index contributed by atoms with van der Waals surface area (Å²) in [4.78, 5) is 33.3. The van der Waals surface area contributed by atoms with Crippen molar-refractivity contribution in [3.05, 3.63) is 34.5 Å². The Balaban J connectivity index is 0.000000181. The van der Waals surface area contributed by atoms with Gasteiger partial charge in [-0.25, -0.2) is 19.9 Å². The number of hydrogen-bond donors (Lipinski definition) is 4. The minimum Gasteiger partial charge on any atom is -0.483 e. The highest BCUT2D eigenvalue weighted by Gasteiger charge is 2.23. The van der Waals surface area contributed by atoms with Crippen molar-refractivity contribution in [3.63, 3.8) is 0 Å². The molecule has 10 nitrogen and oxygen atoms in total. The molecule has 5 N–H and O–H groups in total. The smallest absolute Gasteiger partial charge is 0.290 e. The molecule has 43 heavy (non-hydrogen) atoms. The van der Waals surface area contributed by atoms with Gasteiger partial charge in [-0.1, -0.05) is 13.8 Å². The van der Waals surface area contributed by atoms with Crippen molar-refractivity contribution in [2.45, 2.75) is 102 Å². The zero-order chi connectivity index (χ0) is 30.8. The van der Waals surface area contributed by atoms with E-state index in [1.807, 2.05) is 0 Å². The third kappa shape index (κ3) is 9.04. The predicted octanol–water partition coefficient (Wildman–Crippen LogP) is 6.17. The molecule has 4 aromatic heterocycles. The molecule has 2 fully saturated rings. The summed E-state index contributed by atoms with van der Waals surface area (Å²) in [6.45, 7) is 4.11. The fourth-order valence-corrected chi connectivity index (χ4v) is 7.65. The van der Waals surface area contributed by atoms with Crippen molar-refractivity contribution in [2.24, 2.45) is 5.73 Å². The van der Waals surface area contributed by atoms with Crippen LogP contribution in [0.1, 0.15) is 75.0 Å². The lowest BCUT2D eigenvalue weighted by Gasteiger charge is -2.33. The van der Waals surface area contributed by atoms with Crippen LogP contribution < -0.4 is 16.4 Å². The molecule has 0 spiro atoms. The van der Waals surface area contributed by atoms with Crippen molar-refractivity contribution in [3.8, 4) is 0 Å². The summed E-state index contributed by atoms with van der Waals surface area (Å²) in [6, 6.07) is 6.63. The standard InChI is InChI=1S/C16H24N4S.C14H20N4S.CH2O2/c1-4-13-9-14-15(17-10-18-16(14)21-13)19-11-5-7-12(8-6-11)20(2)3;1-2-11-7-12-13(16-8-17-14(12)19-11)18-10-5-3-9(15)4-6-10;2-1-3/h9-12H,4-8H2,1-3H3,(H,17,18,19);7-10H,2-6,15H2,1H3,(H,16,17,18);1H,(H,2,3). The highest BCUT2D eigenvalue weighted by Crippen LogP contribution is 2.32. The number of anilines is 2. The highest BCUT2D eigenvalue weighted by atomic mass is 32.1. The summed E-state index contributed by atoms with van der Waals surface area (Å²) in [5.74, 6) is 2.01. The lowest BCUT2D eigenvalue weighted by atomic mass is 9.90. The zero-order valence-electron chi connectivity index (χ0n) is 25.8. The Morgan fingerprint density at radius 1 is 0.814 bits per heavy atom. The molecule has 2 saturated carbocycles. The maximum atomic E-state index is 8.36. The van der Waals surface area contributed by atoms with Gasteiger partial charge in [0, 0.05) is 33.9 Å². The summed E-state index contributed by atoms with van der Waals surface area (Å²) in [5.41, 5.74) is 5.95. The molecular formula is C31H46N8O2S2. The van der Waals surface area contributed by atoms with Gasteiger partial charge in [0.05, 0.1) is 10.8 Å². The van der Waals surface area contributed by atoms with Gasteiger partial charge in [0.1, 0.15) is 34.0 Å². The summed E-state index contributed by atoms with van der Waals surface area (Å²) in [5, 5.41) is 16.5. The minimum atomic E-state index is -0.250. The Morgan fingerprint density at radius 3 is 1.63 bits per heavy atom. The monoisotopic (exact) mass is 626 g/mol. The number of nitrogens with zero attached hydrogens (tertiary/aromatic N) is 5. The Bertz CT molecular complexity index is 1430. The molecule has 234 valence electrons. The molecule has 0 amide bonds. The van der Waals surface area contributed by atoms with Gasteiger partial charge in [-0.15, -0.1) is 22.7 Å². The number of hydrogen-bond acceptors (Lipinski definition) is 11. The van der Waals surface area contributed by atoms with Crippen LogP contribution in [-0.2, 0) is 17.6 Å². The van der Waals surface area contributed by atoms with Crippen molar-refractivity contribution >= 4 is 61.2 Å². The molecule has 0 aromatic carbocycles. The van der Waals surface area contributed by atoms with Gasteiger partial charge in [0.25, 0.3) is 6.47 Å². The van der Waals surface area contributed by atoms with E-state index in [-0.39, 0.29) is 6.47 Å². The van der Waals surface area contributed by atoms with Crippen LogP contribution in [0, 0.1) is 0 Å². The molecule has 0 atom stereocenters. The summed E-state index contributed by atoms with van der Waals surface area (Å²) in [6.07, 6.45) is 14.9. The number of rotatable bonds is 7. The number of aromatic nitrogens is 4. The molecular weight excluding hydrogens is 581 g/mol. The van der Waals surface area contributed by atoms with Gasteiger partial charge in [0.2, 0.25) is 0 Å². The molecule has 4 aromatic rings. The molecule has 12 heteroatoms. The second kappa shape index (κ2) is 16.2. The van der Waals surface area contributed by atoms with Crippen molar-refractivity contribution in [1.29, 1.82) is 0 Å². The van der Waals surface area contributed by atoms with Gasteiger partial charge < -0.3 is 26.4 Å². The average Bonchev–Trinajstić information content (AvgIpc) is 3.65. The average molecular weight is 627 g/mol. The van der Waals surface area contributed by atoms with Crippen LogP contribution >= 0.6 is 22.7 Å². The van der Waals surface area contributed by atoms with Crippen LogP contribution in [0.3, 0.4) is 0 Å². The first kappa shape index (κ1) is 33.0. The Hall–Kier alpha value is -2.93. The first-order chi connectivity index (χ1) is 20.8. The van der Waals surface area contributed by atoms with Gasteiger partial charge in [-0.3, -0.25) is 4.79 Å². The van der Waals surface area contributed by atoms with Crippen LogP contribution in [0.5, 0.6) is 0 Å². The van der Waals surface area contributed by atoms with E-state index in [0.29, 0.717) is 18.1 Å². The van der Waals surface area contributed by atoms with Gasteiger partial charge in [-0.05, 0) is 90.4 Å². The SMILES string of the molecule is CCc1cc2c(NC3CCC(N(C)C)CC3)ncnc2s1.CCc1cc2c(NC3CCC(N)CC3)ncnc2s1.O=CO. The third-order valence-corrected chi connectivity index (χ3v) is 10.7. The summed E-state index contributed by atoms with van der Waals surface area (Å²) >= 11 is 3.54. The molecule has 0 bridgehead atoms. The van der Waals surface area contributed by atoms with E-state index in [4.69, 9.17) is 15.6 Å². The highest BCUT2D eigenvalue weighted by molar-refractivity contribution is 7.19. The number of nitrogens with two attached hydrogens (primary N) is 1. The van der Waals surface area contributed by atoms with E-state index >= 15 is 0 Å². The van der Waals surface area contributed by atoms with E-state index in [2.05, 4.69) is 75.5 Å². The molecule has 2 aliphatic rings. The number of aryl methyl sites for hydroxylation is 2. The van der Waals surface area contributed by atoms with E-state index < -0.39 is 0 Å². The number of carbonyl (C=O) groups is 1. The molecule has 2 aliphatic carbocycles. The lowest BCUT2D eigenvalue weighted by molar-refractivity contribution is -0.122. The van der Waals surface area contributed by atoms with Crippen LogP contribution in [0.25, 0.3) is 20.4 Å². The van der Waals surface area contributed by atoms with Gasteiger partial charge in [-0.2, -0.15) is 0 Å². The van der Waals surface area contributed by atoms with Crippen molar-refractivity contribution in [1.82, 2.24) is 24.8 Å². The van der Waals surface area contributed by atoms with Crippen LogP contribution in [0.15, 0.2) is 24.8 Å². The Morgan fingerprint density at radius 2 is 1.23 bits per heavy atom. The van der Waals surface area contributed by atoms with Crippen molar-refractivity contribution in [2.75, 3.05) is 24.7 Å². The number of thiophene rings is 2. The first-order valence-electron chi connectivity index (χ1n) is 15.3. The minimum absolute atomic E-state index is 0.250. The lowest BCUT2D eigenvalue weighted by Crippen LogP contribution is -2.36. The molecule has 6 rings (SSSR count). The second-order valence-corrected chi connectivity index (χ2v) is 13.7. The zero-order valence-corrected chi connectivity index (χ0v) is 27.4. The fourth-order valence-electron chi connectivity index (χ4n) is 5.78. The van der Waals surface area contributed by atoms with Crippen LogP contribution in [-0.4, -0.2) is 74.7 Å². The maximum Gasteiger partial charge on any atom is 0.290 e. The maximum absolute atomic E-state index is 8.36. The van der Waals surface area contributed by atoms with Crippen LogP contribution in [0.4, 0.5) is 11.6 Å². The third-order valence-electron chi connectivity index (χ3n) is 8.34. The van der Waals surface area contributed by atoms with Crippen LogP contribution in [0.2, 0.25) is 0 Å². The predicted molar refractivity (Wildman–Crippen MR) is 179 cm³/mol. The molecule has 4 heterocycles. The Kier molecular flexibility index (Phi) is 12.4. The van der Waals surface area contributed by atoms with Crippen molar-refractivity contribution < 1.29 is 9.90 Å². The summed E-state index contributed by atoms with van der Waals surface area (Å²) < 4.78 is 0. The number of nitrogens with one attached hydrogen (secondary N) is 2. The van der Waals surface area contributed by atoms with Gasteiger partial charge >= 0.3 is 0 Å². The van der Waals surface area contributed by atoms with E-state index in [9.17, 15) is 0 Å². The molecule has 0 radical (unpaired) electrons. The quantitative estimate of drug-likeness (QED) is 0.176. The molecule has 0 unspecified atom stereocenters. The normalized spacial score (nSPS) is 21.9. The topological polar surface area (TPSA) is 142 Å². The van der Waals surface area contributed by atoms with Gasteiger partial charge in [0.15, 0.2) is 0 Å². The molecule has 0 aliphatic heterocycles. The number of fused-ring (bicyclic) bond motifs is 2. The van der Waals surface area contributed by atoms with E-state index in [0.717, 1.165) is 65.9 Å². The second-order valence-electron chi connectivity index (χ2n) is 11.5. The largest absolute Gasteiger partial charge is 0.483 e. The molecule has 0 saturated heterocycles.